The van der Waals surface area contributed by atoms with Gasteiger partial charge in [0.2, 0.25) is 11.8 Å². The highest BCUT2D eigenvalue weighted by atomic mass is 16.5. The fourth-order valence-electron chi connectivity index (χ4n) is 4.04. The summed E-state index contributed by atoms with van der Waals surface area (Å²) in [5.74, 6) is 0.968. The Hall–Kier alpha value is -3.13. The lowest BCUT2D eigenvalue weighted by molar-refractivity contribution is 0.0681. The van der Waals surface area contributed by atoms with Crippen LogP contribution in [0.4, 0.5) is 5.95 Å². The van der Waals surface area contributed by atoms with Crippen LogP contribution >= 0.6 is 0 Å². The highest BCUT2D eigenvalue weighted by Crippen LogP contribution is 2.35. The Morgan fingerprint density at radius 1 is 1.24 bits per heavy atom. The first-order chi connectivity index (χ1) is 15.4. The van der Waals surface area contributed by atoms with Crippen molar-refractivity contribution in [1.29, 1.82) is 0 Å². The van der Waals surface area contributed by atoms with Gasteiger partial charge in [-0.2, -0.15) is 15.1 Å². The van der Waals surface area contributed by atoms with E-state index in [2.05, 4.69) is 31.4 Å². The van der Waals surface area contributed by atoms with Crippen LogP contribution in [0.15, 0.2) is 36.8 Å². The summed E-state index contributed by atoms with van der Waals surface area (Å²) >= 11 is 0. The molecule has 5 rings (SSSR count). The maximum Gasteiger partial charge on any atom is 0.228 e. The maximum absolute atomic E-state index is 7.27. The van der Waals surface area contributed by atoms with Crippen molar-refractivity contribution < 1.29 is 13.6 Å². The number of rotatable bonds is 5. The van der Waals surface area contributed by atoms with Crippen molar-refractivity contribution in [2.45, 2.75) is 37.8 Å². The number of aromatic nitrogens is 5. The normalized spacial score (nSPS) is 21.6. The van der Waals surface area contributed by atoms with Gasteiger partial charge in [-0.25, -0.2) is 4.52 Å². The highest BCUT2D eigenvalue weighted by Gasteiger charge is 2.22. The van der Waals surface area contributed by atoms with E-state index in [1.807, 2.05) is 29.0 Å². The zero-order valence-electron chi connectivity index (χ0n) is 19.1. The Balaban J connectivity index is 1.37. The first-order valence-electron chi connectivity index (χ1n) is 11.2. The zero-order valence-corrected chi connectivity index (χ0v) is 16.1. The Morgan fingerprint density at radius 3 is 2.97 bits per heavy atom. The minimum atomic E-state index is -2.35. The quantitative estimate of drug-likeness (QED) is 0.536. The van der Waals surface area contributed by atoms with Gasteiger partial charge in [-0.3, -0.25) is 0 Å². The van der Waals surface area contributed by atoms with Crippen LogP contribution in [0.5, 0.6) is 5.88 Å². The Labute approximate surface area is 172 Å². The molecule has 0 aliphatic heterocycles. The van der Waals surface area contributed by atoms with Crippen molar-refractivity contribution in [3.63, 3.8) is 0 Å². The summed E-state index contributed by atoms with van der Waals surface area (Å²) in [6.07, 6.45) is 8.27. The van der Waals surface area contributed by atoms with Gasteiger partial charge in [-0.05, 0) is 49.4 Å². The molecule has 0 atom stereocenters. The summed E-state index contributed by atoms with van der Waals surface area (Å²) in [5, 5.41) is 8.43. The minimum absolute atomic E-state index is 0.146. The number of hydrogen-bond acceptors (Lipinski definition) is 6. The van der Waals surface area contributed by atoms with E-state index in [1.54, 1.807) is 13.3 Å². The predicted molar refractivity (Wildman–Crippen MR) is 111 cm³/mol. The molecule has 4 aromatic rings. The van der Waals surface area contributed by atoms with E-state index in [0.29, 0.717) is 30.3 Å². The summed E-state index contributed by atoms with van der Waals surface area (Å²) in [6.45, 7) is 0. The van der Waals surface area contributed by atoms with Crippen molar-refractivity contribution in [1.82, 2.24) is 24.6 Å². The summed E-state index contributed by atoms with van der Waals surface area (Å²) in [7, 11) is -0.750. The number of pyridine rings is 1. The fourth-order valence-corrected chi connectivity index (χ4v) is 4.04. The van der Waals surface area contributed by atoms with Crippen LogP contribution < -0.4 is 10.1 Å². The van der Waals surface area contributed by atoms with Gasteiger partial charge in [0.1, 0.15) is 5.65 Å². The largest absolute Gasteiger partial charge is 0.480 e. The number of anilines is 1. The van der Waals surface area contributed by atoms with Crippen molar-refractivity contribution in [2.24, 2.45) is 0 Å². The number of methoxy groups -OCH3 is 2. The summed E-state index contributed by atoms with van der Waals surface area (Å²) in [6, 6.07) is 6.15. The van der Waals surface area contributed by atoms with Crippen LogP contribution in [0.25, 0.3) is 27.7 Å². The summed E-state index contributed by atoms with van der Waals surface area (Å²) < 4.78 is 34.4. The first-order valence-corrected chi connectivity index (χ1v) is 9.71. The number of hydrogen-bond donors (Lipinski definition) is 2. The molecule has 1 aliphatic rings. The van der Waals surface area contributed by atoms with Gasteiger partial charge in [0.05, 0.1) is 28.2 Å². The number of nitrogens with one attached hydrogen (secondary N) is 2. The van der Waals surface area contributed by atoms with Gasteiger partial charge in [0, 0.05) is 37.2 Å². The topological polar surface area (TPSA) is 89.4 Å². The second kappa shape index (κ2) is 7.36. The van der Waals surface area contributed by atoms with E-state index < -0.39 is 7.04 Å². The molecule has 1 aliphatic carbocycles. The van der Waals surface area contributed by atoms with Crippen LogP contribution in [0, 0.1) is 0 Å². The number of ether oxygens (including phenoxy) is 2. The van der Waals surface area contributed by atoms with E-state index in [9.17, 15) is 0 Å². The third-order valence-electron chi connectivity index (χ3n) is 5.58. The first kappa shape index (κ1) is 14.8. The van der Waals surface area contributed by atoms with Crippen LogP contribution in [0.3, 0.4) is 0 Å². The lowest BCUT2D eigenvalue weighted by atomic mass is 9.93. The van der Waals surface area contributed by atoms with Crippen molar-refractivity contribution in [3.8, 4) is 17.0 Å². The van der Waals surface area contributed by atoms with E-state index in [-0.39, 0.29) is 12.1 Å². The molecule has 1 fully saturated rings. The zero-order chi connectivity index (χ0) is 22.3. The second-order valence-electron chi connectivity index (χ2n) is 7.33. The molecule has 29 heavy (non-hydrogen) atoms. The number of H-pyrrole nitrogens is 1. The molecule has 8 nitrogen and oxygen atoms in total. The number of fused-ring (bicyclic) bond motifs is 2. The summed E-state index contributed by atoms with van der Waals surface area (Å²) in [4.78, 5) is 12.5. The average Bonchev–Trinajstić information content (AvgIpc) is 3.40. The van der Waals surface area contributed by atoms with Crippen molar-refractivity contribution in [3.05, 3.63) is 36.8 Å². The van der Waals surface area contributed by atoms with Gasteiger partial charge in [-0.1, -0.05) is 0 Å². The Bertz CT molecular complexity index is 1240. The Morgan fingerprint density at radius 2 is 2.14 bits per heavy atom. The van der Waals surface area contributed by atoms with Crippen LogP contribution in [0.2, 0.25) is 0 Å². The maximum atomic E-state index is 7.27. The van der Waals surface area contributed by atoms with Crippen molar-refractivity contribution >= 4 is 22.5 Å². The molecule has 1 saturated carbocycles. The summed E-state index contributed by atoms with van der Waals surface area (Å²) in [5.41, 5.74) is 3.64. The molecule has 2 N–H and O–H groups in total. The average molecular weight is 395 g/mol. The smallest absolute Gasteiger partial charge is 0.228 e. The monoisotopic (exact) mass is 395 g/mol. The lowest BCUT2D eigenvalue weighted by Crippen LogP contribution is -2.29. The van der Waals surface area contributed by atoms with Crippen molar-refractivity contribution in [2.75, 3.05) is 19.5 Å². The molecular weight excluding hydrogens is 368 g/mol. The number of nitrogens with zero attached hydrogens (tertiary/aromatic N) is 4. The van der Waals surface area contributed by atoms with Gasteiger partial charge in [-0.15, -0.1) is 0 Å². The molecule has 0 spiro atoms. The van der Waals surface area contributed by atoms with Gasteiger partial charge >= 0.3 is 0 Å². The van der Waals surface area contributed by atoms with E-state index in [1.165, 1.54) is 0 Å². The SMILES string of the molecule is [2H]C([2H])([2H])O[C@H]1CC[C@H](Nc2nc(OC)c3c(-c4ccn5nccc5c4)c[nH]c3n2)CC1. The van der Waals surface area contributed by atoms with Crippen LogP contribution in [-0.2, 0) is 4.74 Å². The fraction of sp³-hybridized carbons (Fsp3) is 0.381. The molecule has 0 unspecified atom stereocenters. The van der Waals surface area contributed by atoms with Gasteiger partial charge < -0.3 is 19.8 Å². The third kappa shape index (κ3) is 3.29. The molecule has 150 valence electrons. The standard InChI is InChI=1S/C21H24N6O2/c1-28-16-5-3-14(4-6-16)24-21-25-19-18(20(26-21)29-2)17(12-22-19)13-8-10-27-15(11-13)7-9-23-27/h7-12,14,16H,3-6H2,1-2H3,(H2,22,24,25,26)/t14-,16-/i1D3. The molecule has 4 heterocycles. The van der Waals surface area contributed by atoms with E-state index >= 15 is 0 Å². The molecule has 0 bridgehead atoms. The molecule has 0 saturated heterocycles. The highest BCUT2D eigenvalue weighted by molar-refractivity contribution is 5.98. The third-order valence-corrected chi connectivity index (χ3v) is 5.58. The molecule has 4 aromatic heterocycles. The molecule has 8 heteroatoms. The van der Waals surface area contributed by atoms with Crippen LogP contribution in [0.1, 0.15) is 29.8 Å². The molecule has 0 radical (unpaired) electrons. The lowest BCUT2D eigenvalue weighted by Gasteiger charge is -2.28. The second-order valence-corrected chi connectivity index (χ2v) is 7.33. The minimum Gasteiger partial charge on any atom is -0.480 e. The van der Waals surface area contributed by atoms with Crippen LogP contribution in [-0.4, -0.2) is 50.9 Å². The van der Waals surface area contributed by atoms with E-state index in [0.717, 1.165) is 34.9 Å². The predicted octanol–water partition coefficient (Wildman–Crippen LogP) is 3.65. The molecular formula is C21H24N6O2. The van der Waals surface area contributed by atoms with Gasteiger partial charge in [0.25, 0.3) is 0 Å². The molecule has 0 amide bonds. The number of aromatic amines is 1. The van der Waals surface area contributed by atoms with E-state index in [4.69, 9.17) is 13.6 Å². The Kier molecular flexibility index (Phi) is 3.76. The van der Waals surface area contributed by atoms with Gasteiger partial charge in [0.15, 0.2) is 0 Å². The molecule has 0 aromatic carbocycles.